The smallest absolute Gasteiger partial charge is 0.406 e. The summed E-state index contributed by atoms with van der Waals surface area (Å²) in [4.78, 5) is 15.9. The van der Waals surface area contributed by atoms with E-state index in [9.17, 15) is 31.1 Å². The number of hydrogen-bond acceptors (Lipinski definition) is 3. The molecule has 2 aromatic carbocycles. The van der Waals surface area contributed by atoms with Crippen molar-refractivity contribution >= 4 is 11.9 Å². The second-order valence-corrected chi connectivity index (χ2v) is 6.15. The van der Waals surface area contributed by atoms with Crippen molar-refractivity contribution < 1.29 is 35.9 Å². The maximum Gasteiger partial charge on any atom is 0.573 e. The van der Waals surface area contributed by atoms with E-state index in [0.717, 1.165) is 36.4 Å². The molecule has 0 fully saturated rings. The van der Waals surface area contributed by atoms with Gasteiger partial charge < -0.3 is 21.1 Å². The third-order valence-electron chi connectivity index (χ3n) is 3.78. The number of benzene rings is 2. The van der Waals surface area contributed by atoms with Gasteiger partial charge in [0.25, 0.3) is 5.91 Å². The molecule has 0 aromatic heterocycles. The molecule has 0 heterocycles. The lowest BCUT2D eigenvalue weighted by atomic mass is 10.1. The first kappa shape index (κ1) is 23.8. The second-order valence-electron chi connectivity index (χ2n) is 6.15. The Morgan fingerprint density at radius 1 is 0.903 bits per heavy atom. The minimum absolute atomic E-state index is 0.0411. The first-order chi connectivity index (χ1) is 14.4. The number of halogens is 6. The first-order valence-corrected chi connectivity index (χ1v) is 8.78. The highest BCUT2D eigenvalue weighted by Crippen LogP contribution is 2.29. The van der Waals surface area contributed by atoms with E-state index >= 15 is 0 Å². The zero-order chi connectivity index (χ0) is 23.1. The van der Waals surface area contributed by atoms with Gasteiger partial charge in [-0.25, -0.2) is 4.99 Å². The monoisotopic (exact) mass is 448 g/mol. The summed E-state index contributed by atoms with van der Waals surface area (Å²) in [6.45, 7) is 0.419. The van der Waals surface area contributed by atoms with Crippen molar-refractivity contribution in [3.05, 3.63) is 65.2 Å². The molecule has 0 saturated heterocycles. The Hall–Kier alpha value is -3.44. The molecule has 0 bridgehead atoms. The van der Waals surface area contributed by atoms with Crippen LogP contribution in [0, 0.1) is 0 Å². The SMILES string of the molecule is NC(=NCc1ccc(OC(F)(F)F)cc1)NCCNC(=O)c1ccc(C(F)(F)F)cc1. The van der Waals surface area contributed by atoms with E-state index in [2.05, 4.69) is 20.4 Å². The zero-order valence-corrected chi connectivity index (χ0v) is 15.8. The Morgan fingerprint density at radius 2 is 1.48 bits per heavy atom. The Kier molecular flexibility index (Phi) is 7.72. The van der Waals surface area contributed by atoms with Crippen LogP contribution in [0.15, 0.2) is 53.5 Å². The van der Waals surface area contributed by atoms with E-state index in [1.54, 1.807) is 0 Å². The van der Waals surface area contributed by atoms with Crippen molar-refractivity contribution in [2.45, 2.75) is 19.1 Å². The molecule has 4 N–H and O–H groups in total. The van der Waals surface area contributed by atoms with E-state index in [-0.39, 0.29) is 36.9 Å². The van der Waals surface area contributed by atoms with Crippen molar-refractivity contribution in [3.63, 3.8) is 0 Å². The molecular weight excluding hydrogens is 430 g/mol. The van der Waals surface area contributed by atoms with Crippen LogP contribution in [0.3, 0.4) is 0 Å². The van der Waals surface area contributed by atoms with Crippen LogP contribution in [-0.2, 0) is 12.7 Å². The number of carbonyl (C=O) groups is 1. The topological polar surface area (TPSA) is 88.7 Å². The van der Waals surface area contributed by atoms with Gasteiger partial charge in [0.2, 0.25) is 0 Å². The highest BCUT2D eigenvalue weighted by atomic mass is 19.4. The minimum Gasteiger partial charge on any atom is -0.406 e. The number of guanidine groups is 1. The Morgan fingerprint density at radius 3 is 2.03 bits per heavy atom. The lowest BCUT2D eigenvalue weighted by molar-refractivity contribution is -0.274. The number of hydrogen-bond donors (Lipinski definition) is 3. The summed E-state index contributed by atoms with van der Waals surface area (Å²) in [6, 6.07) is 8.90. The van der Waals surface area contributed by atoms with Crippen LogP contribution < -0.4 is 21.1 Å². The van der Waals surface area contributed by atoms with Gasteiger partial charge in [-0.15, -0.1) is 13.2 Å². The molecule has 0 aliphatic carbocycles. The minimum atomic E-state index is -4.77. The summed E-state index contributed by atoms with van der Waals surface area (Å²) in [5, 5.41) is 5.23. The Labute approximate surface area is 173 Å². The number of carbonyl (C=O) groups excluding carboxylic acids is 1. The zero-order valence-electron chi connectivity index (χ0n) is 15.8. The van der Waals surface area contributed by atoms with Gasteiger partial charge in [-0.2, -0.15) is 13.2 Å². The molecule has 0 spiro atoms. The summed E-state index contributed by atoms with van der Waals surface area (Å²) in [6.07, 6.45) is -9.25. The predicted molar refractivity (Wildman–Crippen MR) is 100 cm³/mol. The second kappa shape index (κ2) is 10.0. The molecule has 0 saturated carbocycles. The lowest BCUT2D eigenvalue weighted by Crippen LogP contribution is -2.38. The fraction of sp³-hybridized carbons (Fsp3) is 0.263. The molecule has 0 aliphatic heterocycles. The van der Waals surface area contributed by atoms with Crippen LogP contribution in [-0.4, -0.2) is 31.3 Å². The molecule has 31 heavy (non-hydrogen) atoms. The van der Waals surface area contributed by atoms with Gasteiger partial charge in [-0.1, -0.05) is 12.1 Å². The average Bonchev–Trinajstić information content (AvgIpc) is 2.69. The first-order valence-electron chi connectivity index (χ1n) is 8.78. The van der Waals surface area contributed by atoms with E-state index < -0.39 is 24.0 Å². The van der Waals surface area contributed by atoms with E-state index in [1.165, 1.54) is 12.1 Å². The van der Waals surface area contributed by atoms with Crippen LogP contribution in [0.25, 0.3) is 0 Å². The molecule has 0 radical (unpaired) electrons. The maximum atomic E-state index is 12.5. The van der Waals surface area contributed by atoms with E-state index in [1.807, 2.05) is 0 Å². The highest BCUT2D eigenvalue weighted by Gasteiger charge is 2.31. The Balaban J connectivity index is 1.73. The van der Waals surface area contributed by atoms with Crippen LogP contribution >= 0.6 is 0 Å². The predicted octanol–water partition coefficient (Wildman–Crippen LogP) is 3.44. The van der Waals surface area contributed by atoms with Gasteiger partial charge in [-0.3, -0.25) is 4.79 Å². The summed E-state index contributed by atoms with van der Waals surface area (Å²) in [5.41, 5.74) is 5.49. The van der Waals surface area contributed by atoms with Crippen LogP contribution in [0.2, 0.25) is 0 Å². The standard InChI is InChI=1S/C19H18F6N4O2/c20-18(21,22)14-5-3-13(4-6-14)16(30)27-9-10-28-17(26)29-11-12-1-7-15(8-2-12)31-19(23,24)25/h1-8H,9-11H2,(H,27,30)(H3,26,28,29). The van der Waals surface area contributed by atoms with E-state index in [0.29, 0.717) is 5.56 Å². The quantitative estimate of drug-likeness (QED) is 0.262. The summed E-state index contributed by atoms with van der Waals surface area (Å²) < 4.78 is 77.6. The van der Waals surface area contributed by atoms with Gasteiger partial charge >= 0.3 is 12.5 Å². The highest BCUT2D eigenvalue weighted by molar-refractivity contribution is 5.94. The van der Waals surface area contributed by atoms with Gasteiger partial charge in [0, 0.05) is 18.7 Å². The molecule has 168 valence electrons. The summed E-state index contributed by atoms with van der Waals surface area (Å²) in [7, 11) is 0. The molecular formula is C19H18F6N4O2. The van der Waals surface area contributed by atoms with Crippen molar-refractivity contribution in [3.8, 4) is 5.75 Å². The number of alkyl halides is 6. The normalized spacial score (nSPS) is 12.4. The average molecular weight is 448 g/mol. The van der Waals surface area contributed by atoms with Crippen molar-refractivity contribution in [2.75, 3.05) is 13.1 Å². The maximum absolute atomic E-state index is 12.5. The summed E-state index contributed by atoms with van der Waals surface area (Å²) >= 11 is 0. The number of nitrogens with one attached hydrogen (secondary N) is 2. The number of aliphatic imine (C=N–C) groups is 1. The fourth-order valence-corrected chi connectivity index (χ4v) is 2.31. The Bertz CT molecular complexity index is 894. The van der Waals surface area contributed by atoms with Crippen LogP contribution in [0.5, 0.6) is 5.75 Å². The number of rotatable bonds is 7. The lowest BCUT2D eigenvalue weighted by Gasteiger charge is -2.10. The molecule has 2 aromatic rings. The molecule has 6 nitrogen and oxygen atoms in total. The largest absolute Gasteiger partial charge is 0.573 e. The molecule has 2 rings (SSSR count). The van der Waals surface area contributed by atoms with E-state index in [4.69, 9.17) is 5.73 Å². The van der Waals surface area contributed by atoms with Crippen LogP contribution in [0.1, 0.15) is 21.5 Å². The molecule has 0 aliphatic rings. The third kappa shape index (κ3) is 8.44. The van der Waals surface area contributed by atoms with Gasteiger partial charge in [0.15, 0.2) is 5.96 Å². The van der Waals surface area contributed by atoms with Gasteiger partial charge in [-0.05, 0) is 42.0 Å². The number of amides is 1. The molecule has 0 unspecified atom stereocenters. The van der Waals surface area contributed by atoms with Crippen molar-refractivity contribution in [1.29, 1.82) is 0 Å². The number of ether oxygens (including phenoxy) is 1. The summed E-state index contributed by atoms with van der Waals surface area (Å²) in [5.74, 6) is -0.860. The number of nitrogens with two attached hydrogens (primary N) is 1. The third-order valence-corrected chi connectivity index (χ3v) is 3.78. The van der Waals surface area contributed by atoms with Crippen molar-refractivity contribution in [2.24, 2.45) is 10.7 Å². The van der Waals surface area contributed by atoms with Gasteiger partial charge in [0.05, 0.1) is 12.1 Å². The van der Waals surface area contributed by atoms with Gasteiger partial charge in [0.1, 0.15) is 5.75 Å². The van der Waals surface area contributed by atoms with Crippen molar-refractivity contribution in [1.82, 2.24) is 10.6 Å². The molecule has 12 heteroatoms. The fourth-order valence-electron chi connectivity index (χ4n) is 2.31. The number of nitrogens with zero attached hydrogens (tertiary/aromatic N) is 1. The molecule has 1 amide bonds. The van der Waals surface area contributed by atoms with Crippen LogP contribution in [0.4, 0.5) is 26.3 Å². The molecule has 0 atom stereocenters.